The van der Waals surface area contributed by atoms with Crippen molar-refractivity contribution in [1.29, 1.82) is 0 Å². The highest BCUT2D eigenvalue weighted by Crippen LogP contribution is 2.32. The number of barbiturate groups is 1. The number of carbonyl (C=O) groups is 3. The number of hydrogen-bond donors (Lipinski definition) is 1. The molecule has 0 aliphatic carbocycles. The molecule has 20 heavy (non-hydrogen) atoms. The van der Waals surface area contributed by atoms with E-state index in [2.05, 4.69) is 21.2 Å². The third-order valence-electron chi connectivity index (χ3n) is 3.21. The topological polar surface area (TPSA) is 66.5 Å². The zero-order valence-electron chi connectivity index (χ0n) is 11.1. The number of anilines is 1. The first-order chi connectivity index (χ1) is 9.16. The van der Waals surface area contributed by atoms with E-state index < -0.39 is 29.1 Å². The fourth-order valence-corrected chi connectivity index (χ4v) is 2.33. The van der Waals surface area contributed by atoms with Gasteiger partial charge in [0.05, 0.1) is 10.2 Å². The number of hydrogen-bond acceptors (Lipinski definition) is 3. The smallest absolute Gasteiger partial charge is 0.276 e. The normalized spacial score (nSPS) is 18.2. The molecule has 1 aliphatic heterocycles. The number of halogens is 2. The average Bonchev–Trinajstić information content (AvgIpc) is 2.33. The summed E-state index contributed by atoms with van der Waals surface area (Å²) in [6.07, 6.45) is 0. The van der Waals surface area contributed by atoms with E-state index in [4.69, 9.17) is 0 Å². The van der Waals surface area contributed by atoms with Crippen molar-refractivity contribution < 1.29 is 18.8 Å². The van der Waals surface area contributed by atoms with Gasteiger partial charge in [-0.2, -0.15) is 0 Å². The van der Waals surface area contributed by atoms with Crippen molar-refractivity contribution in [3.8, 4) is 0 Å². The molecule has 0 saturated carbocycles. The predicted octanol–water partition coefficient (Wildman–Crippen LogP) is 2.51. The zero-order chi connectivity index (χ0) is 15.2. The van der Waals surface area contributed by atoms with Gasteiger partial charge in [0.1, 0.15) is 11.2 Å². The molecule has 1 aliphatic rings. The summed E-state index contributed by atoms with van der Waals surface area (Å²) >= 11 is 3.03. The summed E-state index contributed by atoms with van der Waals surface area (Å²) < 4.78 is 13.9. The second-order valence-electron chi connectivity index (χ2n) is 5.08. The van der Waals surface area contributed by atoms with E-state index in [1.165, 1.54) is 19.9 Å². The highest BCUT2D eigenvalue weighted by atomic mass is 79.9. The van der Waals surface area contributed by atoms with Gasteiger partial charge in [-0.1, -0.05) is 0 Å². The zero-order valence-corrected chi connectivity index (χ0v) is 12.7. The Kier molecular flexibility index (Phi) is 3.41. The van der Waals surface area contributed by atoms with Crippen LogP contribution in [-0.2, 0) is 9.59 Å². The van der Waals surface area contributed by atoms with E-state index in [1.807, 2.05) is 0 Å². The number of rotatable bonds is 1. The van der Waals surface area contributed by atoms with Crippen LogP contribution in [0.4, 0.5) is 14.9 Å². The molecule has 0 atom stereocenters. The summed E-state index contributed by atoms with van der Waals surface area (Å²) in [4.78, 5) is 36.7. The Hall–Kier alpha value is -1.76. The molecule has 0 aromatic heterocycles. The van der Waals surface area contributed by atoms with E-state index in [9.17, 15) is 18.8 Å². The Morgan fingerprint density at radius 3 is 2.45 bits per heavy atom. The minimum atomic E-state index is -1.39. The average molecular weight is 343 g/mol. The third-order valence-corrected chi connectivity index (χ3v) is 3.82. The summed E-state index contributed by atoms with van der Waals surface area (Å²) in [6.45, 7) is 4.47. The Labute approximate surface area is 123 Å². The van der Waals surface area contributed by atoms with Gasteiger partial charge in [-0.15, -0.1) is 0 Å². The summed E-state index contributed by atoms with van der Waals surface area (Å²) in [5.74, 6) is -1.95. The maximum Gasteiger partial charge on any atom is 0.335 e. The lowest BCUT2D eigenvalue weighted by molar-refractivity contribution is -0.140. The van der Waals surface area contributed by atoms with E-state index in [-0.39, 0.29) is 10.2 Å². The Morgan fingerprint density at radius 2 is 1.85 bits per heavy atom. The summed E-state index contributed by atoms with van der Waals surface area (Å²) in [6, 6.07) is 1.68. The summed E-state index contributed by atoms with van der Waals surface area (Å²) in [5.41, 5.74) is -0.732. The maximum atomic E-state index is 13.7. The van der Waals surface area contributed by atoms with E-state index in [0.717, 1.165) is 11.0 Å². The highest BCUT2D eigenvalue weighted by molar-refractivity contribution is 9.10. The van der Waals surface area contributed by atoms with Crippen LogP contribution < -0.4 is 10.2 Å². The number of amides is 4. The lowest BCUT2D eigenvalue weighted by Gasteiger charge is -2.35. The molecule has 0 spiro atoms. The van der Waals surface area contributed by atoms with Crippen LogP contribution >= 0.6 is 15.9 Å². The van der Waals surface area contributed by atoms with Crippen molar-refractivity contribution in [2.75, 3.05) is 4.90 Å². The number of carbonyl (C=O) groups excluding carboxylic acids is 3. The SMILES string of the molecule is Cc1cc(Br)c(F)cc1N1C(=O)NC(=O)C(C)(C)C1=O. The molecule has 1 fully saturated rings. The highest BCUT2D eigenvalue weighted by Gasteiger charge is 2.48. The van der Waals surface area contributed by atoms with Gasteiger partial charge in [-0.05, 0) is 54.4 Å². The van der Waals surface area contributed by atoms with E-state index in [1.54, 1.807) is 6.92 Å². The standard InChI is InChI=1S/C13H12BrFN2O3/c1-6-4-7(14)8(15)5-9(6)17-11(19)13(2,3)10(18)16-12(17)20/h4-5H,1-3H3,(H,16,18,20). The van der Waals surface area contributed by atoms with Crippen LogP contribution in [0.15, 0.2) is 16.6 Å². The van der Waals surface area contributed by atoms with Crippen LogP contribution in [0.1, 0.15) is 19.4 Å². The molecule has 1 heterocycles. The molecule has 5 nitrogen and oxygen atoms in total. The van der Waals surface area contributed by atoms with Gasteiger partial charge in [0.25, 0.3) is 0 Å². The molecular weight excluding hydrogens is 331 g/mol. The molecule has 4 amide bonds. The van der Waals surface area contributed by atoms with E-state index >= 15 is 0 Å². The molecular formula is C13H12BrFN2O3. The molecule has 106 valence electrons. The number of aryl methyl sites for hydroxylation is 1. The van der Waals surface area contributed by atoms with Crippen molar-refractivity contribution in [2.45, 2.75) is 20.8 Å². The van der Waals surface area contributed by atoms with Crippen LogP contribution in [0, 0.1) is 18.2 Å². The number of benzene rings is 1. The van der Waals surface area contributed by atoms with Crippen molar-refractivity contribution in [2.24, 2.45) is 5.41 Å². The largest absolute Gasteiger partial charge is 0.335 e. The van der Waals surface area contributed by atoms with Gasteiger partial charge in [-0.3, -0.25) is 14.9 Å². The minimum Gasteiger partial charge on any atom is -0.276 e. The van der Waals surface area contributed by atoms with Crippen LogP contribution in [0.5, 0.6) is 0 Å². The molecule has 2 rings (SSSR count). The van der Waals surface area contributed by atoms with Gasteiger partial charge >= 0.3 is 6.03 Å². The lowest BCUT2D eigenvalue weighted by atomic mass is 9.88. The number of urea groups is 1. The first-order valence-corrected chi connectivity index (χ1v) is 6.61. The predicted molar refractivity (Wildman–Crippen MR) is 73.6 cm³/mol. The van der Waals surface area contributed by atoms with Crippen molar-refractivity contribution in [3.05, 3.63) is 28.0 Å². The summed E-state index contributed by atoms with van der Waals surface area (Å²) in [7, 11) is 0. The number of nitrogens with one attached hydrogen (secondary N) is 1. The Balaban J connectivity index is 2.57. The van der Waals surface area contributed by atoms with Gasteiger partial charge in [-0.25, -0.2) is 14.1 Å². The van der Waals surface area contributed by atoms with Crippen molar-refractivity contribution in [1.82, 2.24) is 5.32 Å². The Morgan fingerprint density at radius 1 is 1.25 bits per heavy atom. The van der Waals surface area contributed by atoms with Gasteiger partial charge in [0, 0.05) is 0 Å². The molecule has 1 aromatic rings. The Bertz CT molecular complexity index is 643. The molecule has 1 saturated heterocycles. The van der Waals surface area contributed by atoms with Crippen molar-refractivity contribution in [3.63, 3.8) is 0 Å². The van der Waals surface area contributed by atoms with Crippen LogP contribution in [0.2, 0.25) is 0 Å². The van der Waals surface area contributed by atoms with Crippen LogP contribution in [-0.4, -0.2) is 17.8 Å². The van der Waals surface area contributed by atoms with Gasteiger partial charge in [0.2, 0.25) is 11.8 Å². The molecule has 0 radical (unpaired) electrons. The van der Waals surface area contributed by atoms with Gasteiger partial charge < -0.3 is 0 Å². The molecule has 1 N–H and O–H groups in total. The molecule has 0 unspecified atom stereocenters. The molecule has 7 heteroatoms. The fourth-order valence-electron chi connectivity index (χ4n) is 1.87. The summed E-state index contributed by atoms with van der Waals surface area (Å²) in [5, 5.41) is 2.10. The second-order valence-corrected chi connectivity index (χ2v) is 5.93. The van der Waals surface area contributed by atoms with Crippen LogP contribution in [0.3, 0.4) is 0 Å². The lowest BCUT2D eigenvalue weighted by Crippen LogP contribution is -2.62. The first kappa shape index (κ1) is 14.6. The number of nitrogens with zero attached hydrogens (tertiary/aromatic N) is 1. The molecule has 0 bridgehead atoms. The van der Waals surface area contributed by atoms with E-state index in [0.29, 0.717) is 5.56 Å². The molecule has 1 aromatic carbocycles. The quantitative estimate of drug-likeness (QED) is 0.797. The first-order valence-electron chi connectivity index (χ1n) is 5.82. The monoisotopic (exact) mass is 342 g/mol. The minimum absolute atomic E-state index is 0.119. The van der Waals surface area contributed by atoms with Crippen molar-refractivity contribution >= 4 is 39.5 Å². The maximum absolute atomic E-state index is 13.7. The fraction of sp³-hybridized carbons (Fsp3) is 0.308. The number of imide groups is 2. The second kappa shape index (κ2) is 4.66. The third kappa shape index (κ3) is 2.11. The van der Waals surface area contributed by atoms with Gasteiger partial charge in [0.15, 0.2) is 0 Å². The van der Waals surface area contributed by atoms with Crippen LogP contribution in [0.25, 0.3) is 0 Å².